The van der Waals surface area contributed by atoms with Crippen LogP contribution < -0.4 is 10.6 Å². The fourth-order valence-corrected chi connectivity index (χ4v) is 2.13. The minimum Gasteiger partial charge on any atom is -0.366 e. The second-order valence-corrected chi connectivity index (χ2v) is 4.70. The molecule has 0 saturated carbocycles. The molecule has 1 unspecified atom stereocenters. The highest BCUT2D eigenvalue weighted by molar-refractivity contribution is 7.09. The number of aromatic nitrogens is 1. The van der Waals surface area contributed by atoms with Gasteiger partial charge in [-0.3, -0.25) is 4.79 Å². The van der Waals surface area contributed by atoms with Crippen molar-refractivity contribution in [2.45, 2.75) is 19.6 Å². The van der Waals surface area contributed by atoms with E-state index in [1.54, 1.807) is 11.3 Å². The van der Waals surface area contributed by atoms with Gasteiger partial charge < -0.3 is 15.4 Å². The van der Waals surface area contributed by atoms with Crippen molar-refractivity contribution in [3.63, 3.8) is 0 Å². The van der Waals surface area contributed by atoms with Gasteiger partial charge in [0.05, 0.1) is 23.9 Å². The first-order valence-corrected chi connectivity index (χ1v) is 6.15. The molecule has 0 aromatic carbocycles. The van der Waals surface area contributed by atoms with Crippen LogP contribution in [0.1, 0.15) is 10.7 Å². The molecule has 2 N–H and O–H groups in total. The molecule has 0 radical (unpaired) electrons. The number of carbonyl (C=O) groups excluding carboxylic acids is 1. The number of aryl methyl sites for hydroxylation is 1. The lowest BCUT2D eigenvalue weighted by Crippen LogP contribution is -2.47. The molecule has 1 saturated heterocycles. The summed E-state index contributed by atoms with van der Waals surface area (Å²) in [5.41, 5.74) is 0.902. The average Bonchev–Trinajstić information content (AvgIpc) is 2.73. The van der Waals surface area contributed by atoms with E-state index in [0.29, 0.717) is 19.7 Å². The molecule has 0 spiro atoms. The first-order valence-electron chi connectivity index (χ1n) is 5.27. The van der Waals surface area contributed by atoms with Crippen LogP contribution in [-0.4, -0.2) is 36.7 Å². The SMILES string of the molecule is Cc1nc(CNC(=O)C2CNCCO2)cs1. The fraction of sp³-hybridized carbons (Fsp3) is 0.600. The highest BCUT2D eigenvalue weighted by atomic mass is 32.1. The lowest BCUT2D eigenvalue weighted by Gasteiger charge is -2.22. The maximum absolute atomic E-state index is 11.7. The van der Waals surface area contributed by atoms with Gasteiger partial charge in [-0.05, 0) is 6.92 Å². The summed E-state index contributed by atoms with van der Waals surface area (Å²) in [7, 11) is 0. The Labute approximate surface area is 98.2 Å². The van der Waals surface area contributed by atoms with E-state index in [-0.39, 0.29) is 12.0 Å². The Morgan fingerprint density at radius 2 is 2.69 bits per heavy atom. The second kappa shape index (κ2) is 5.38. The fourth-order valence-electron chi connectivity index (χ4n) is 1.51. The molecule has 0 aliphatic carbocycles. The second-order valence-electron chi connectivity index (χ2n) is 3.64. The van der Waals surface area contributed by atoms with Crippen LogP contribution >= 0.6 is 11.3 Å². The van der Waals surface area contributed by atoms with Crippen molar-refractivity contribution in [2.75, 3.05) is 19.7 Å². The molecule has 1 amide bonds. The topological polar surface area (TPSA) is 63.2 Å². The lowest BCUT2D eigenvalue weighted by molar-refractivity contribution is -0.134. The maximum Gasteiger partial charge on any atom is 0.250 e. The minimum atomic E-state index is -0.367. The third-order valence-electron chi connectivity index (χ3n) is 2.33. The molecule has 1 aromatic rings. The van der Waals surface area contributed by atoms with E-state index in [0.717, 1.165) is 17.2 Å². The summed E-state index contributed by atoms with van der Waals surface area (Å²) in [4.78, 5) is 16.0. The van der Waals surface area contributed by atoms with Gasteiger partial charge in [0.1, 0.15) is 6.10 Å². The summed E-state index contributed by atoms with van der Waals surface area (Å²) in [5.74, 6) is -0.0714. The quantitative estimate of drug-likeness (QED) is 0.785. The van der Waals surface area contributed by atoms with Crippen LogP contribution in [0.3, 0.4) is 0 Å². The zero-order chi connectivity index (χ0) is 11.4. The number of nitrogens with zero attached hydrogens (tertiary/aromatic N) is 1. The van der Waals surface area contributed by atoms with Crippen LogP contribution in [0.2, 0.25) is 0 Å². The molecule has 88 valence electrons. The van der Waals surface area contributed by atoms with Gasteiger partial charge in [-0.1, -0.05) is 0 Å². The Morgan fingerprint density at radius 3 is 3.31 bits per heavy atom. The van der Waals surface area contributed by atoms with E-state index in [1.165, 1.54) is 0 Å². The molecule has 6 heteroatoms. The van der Waals surface area contributed by atoms with Gasteiger partial charge in [0.25, 0.3) is 5.91 Å². The Hall–Kier alpha value is -0.980. The average molecular weight is 241 g/mol. The Balaban J connectivity index is 1.78. The Morgan fingerprint density at radius 1 is 1.81 bits per heavy atom. The molecule has 1 aliphatic heterocycles. The first-order chi connectivity index (χ1) is 7.75. The molecule has 2 heterocycles. The standard InChI is InChI=1S/C10H15N3O2S/c1-7-13-8(6-16-7)4-12-10(14)9-5-11-2-3-15-9/h6,9,11H,2-5H2,1H3,(H,12,14). The van der Waals surface area contributed by atoms with E-state index < -0.39 is 0 Å². The van der Waals surface area contributed by atoms with Crippen molar-refractivity contribution in [1.82, 2.24) is 15.6 Å². The normalized spacial score (nSPS) is 20.7. The molecular formula is C10H15N3O2S. The first kappa shape index (κ1) is 11.5. The van der Waals surface area contributed by atoms with Gasteiger partial charge in [0.2, 0.25) is 0 Å². The highest BCUT2D eigenvalue weighted by Gasteiger charge is 2.21. The maximum atomic E-state index is 11.7. The Bertz CT molecular complexity index is 361. The molecule has 1 fully saturated rings. The predicted octanol–water partition coefficient (Wildman–Crippen LogP) is 0.0561. The van der Waals surface area contributed by atoms with Crippen molar-refractivity contribution < 1.29 is 9.53 Å². The van der Waals surface area contributed by atoms with E-state index in [9.17, 15) is 4.79 Å². The third-order valence-corrected chi connectivity index (χ3v) is 3.15. The Kier molecular flexibility index (Phi) is 3.87. The molecule has 5 nitrogen and oxygen atoms in total. The molecule has 1 aromatic heterocycles. The molecule has 2 rings (SSSR count). The zero-order valence-corrected chi connectivity index (χ0v) is 9.97. The number of hydrogen-bond donors (Lipinski definition) is 2. The summed E-state index contributed by atoms with van der Waals surface area (Å²) >= 11 is 1.59. The van der Waals surface area contributed by atoms with Crippen molar-refractivity contribution in [3.05, 3.63) is 16.1 Å². The van der Waals surface area contributed by atoms with Crippen LogP contribution in [0.25, 0.3) is 0 Å². The number of amides is 1. The zero-order valence-electron chi connectivity index (χ0n) is 9.16. The van der Waals surface area contributed by atoms with E-state index in [1.807, 2.05) is 12.3 Å². The smallest absolute Gasteiger partial charge is 0.250 e. The van der Waals surface area contributed by atoms with Gasteiger partial charge in [0.15, 0.2) is 0 Å². The van der Waals surface area contributed by atoms with Crippen molar-refractivity contribution in [1.29, 1.82) is 0 Å². The van der Waals surface area contributed by atoms with E-state index in [2.05, 4.69) is 15.6 Å². The number of rotatable bonds is 3. The molecule has 1 aliphatic rings. The van der Waals surface area contributed by atoms with Gasteiger partial charge >= 0.3 is 0 Å². The highest BCUT2D eigenvalue weighted by Crippen LogP contribution is 2.07. The van der Waals surface area contributed by atoms with Crippen LogP contribution in [0.4, 0.5) is 0 Å². The molecule has 0 bridgehead atoms. The van der Waals surface area contributed by atoms with Crippen LogP contribution in [0.5, 0.6) is 0 Å². The van der Waals surface area contributed by atoms with Gasteiger partial charge in [-0.25, -0.2) is 4.98 Å². The molecule has 16 heavy (non-hydrogen) atoms. The van der Waals surface area contributed by atoms with E-state index in [4.69, 9.17) is 4.74 Å². The molecular weight excluding hydrogens is 226 g/mol. The van der Waals surface area contributed by atoms with Crippen molar-refractivity contribution in [3.8, 4) is 0 Å². The largest absolute Gasteiger partial charge is 0.366 e. The van der Waals surface area contributed by atoms with Crippen molar-refractivity contribution in [2.24, 2.45) is 0 Å². The number of hydrogen-bond acceptors (Lipinski definition) is 5. The van der Waals surface area contributed by atoms with Crippen LogP contribution in [0, 0.1) is 6.92 Å². The van der Waals surface area contributed by atoms with Gasteiger partial charge in [-0.2, -0.15) is 0 Å². The summed E-state index contributed by atoms with van der Waals surface area (Å²) in [6.07, 6.45) is -0.367. The van der Waals surface area contributed by atoms with Gasteiger partial charge in [0, 0.05) is 18.5 Å². The predicted molar refractivity (Wildman–Crippen MR) is 61.3 cm³/mol. The van der Waals surface area contributed by atoms with Crippen molar-refractivity contribution >= 4 is 17.2 Å². The number of thiazole rings is 1. The number of nitrogens with one attached hydrogen (secondary N) is 2. The summed E-state index contributed by atoms with van der Waals surface area (Å²) in [6, 6.07) is 0. The summed E-state index contributed by atoms with van der Waals surface area (Å²) in [6.45, 7) is 4.41. The minimum absolute atomic E-state index is 0.0714. The molecule has 1 atom stereocenters. The van der Waals surface area contributed by atoms with Crippen LogP contribution in [-0.2, 0) is 16.1 Å². The third kappa shape index (κ3) is 3.01. The van der Waals surface area contributed by atoms with E-state index >= 15 is 0 Å². The summed E-state index contributed by atoms with van der Waals surface area (Å²) < 4.78 is 5.34. The monoisotopic (exact) mass is 241 g/mol. The lowest BCUT2D eigenvalue weighted by atomic mass is 10.3. The number of morpholine rings is 1. The number of ether oxygens (including phenoxy) is 1. The van der Waals surface area contributed by atoms with Crippen LogP contribution in [0.15, 0.2) is 5.38 Å². The number of carbonyl (C=O) groups is 1. The van der Waals surface area contributed by atoms with Gasteiger partial charge in [-0.15, -0.1) is 11.3 Å². The summed E-state index contributed by atoms with van der Waals surface area (Å²) in [5, 5.41) is 8.91.